The summed E-state index contributed by atoms with van der Waals surface area (Å²) in [4.78, 5) is 6.60. The second kappa shape index (κ2) is 6.48. The summed E-state index contributed by atoms with van der Waals surface area (Å²) in [5.41, 5.74) is 1.45. The molecule has 2 saturated heterocycles. The van der Waals surface area contributed by atoms with Gasteiger partial charge < -0.3 is 5.32 Å². The van der Waals surface area contributed by atoms with Crippen LogP contribution < -0.4 is 5.32 Å². The third-order valence-corrected chi connectivity index (χ3v) is 5.45. The average Bonchev–Trinajstić information content (AvgIpc) is 2.47. The number of likely N-dealkylation sites (tertiary alicyclic amines) is 1. The highest BCUT2D eigenvalue weighted by atomic mass is 32.2. The van der Waals surface area contributed by atoms with Gasteiger partial charge in [0.2, 0.25) is 0 Å². The van der Waals surface area contributed by atoms with E-state index >= 15 is 0 Å². The largest absolute Gasteiger partial charge is 0.314 e. The van der Waals surface area contributed by atoms with Crippen LogP contribution in [0.5, 0.6) is 0 Å². The first-order chi connectivity index (χ1) is 9.78. The van der Waals surface area contributed by atoms with Gasteiger partial charge in [-0.1, -0.05) is 12.1 Å². The number of benzene rings is 1. The van der Waals surface area contributed by atoms with Crippen molar-refractivity contribution in [3.63, 3.8) is 0 Å². The van der Waals surface area contributed by atoms with E-state index in [1.54, 1.807) is 0 Å². The maximum atomic E-state index is 3.43. The molecule has 0 aromatic heterocycles. The molecule has 1 N–H and O–H groups in total. The highest BCUT2D eigenvalue weighted by Crippen LogP contribution is 2.28. The summed E-state index contributed by atoms with van der Waals surface area (Å²) in [6.07, 6.45) is 2.13. The van der Waals surface area contributed by atoms with Crippen molar-refractivity contribution in [2.45, 2.75) is 23.9 Å². The lowest BCUT2D eigenvalue weighted by Gasteiger charge is -2.49. The lowest BCUT2D eigenvalue weighted by molar-refractivity contribution is 0.00347. The molecule has 1 aromatic carbocycles. The van der Waals surface area contributed by atoms with E-state index in [0.29, 0.717) is 6.04 Å². The number of rotatable bonds is 4. The van der Waals surface area contributed by atoms with Crippen LogP contribution in [-0.4, -0.2) is 61.4 Å². The Morgan fingerprint density at radius 1 is 1.15 bits per heavy atom. The summed E-state index contributed by atoms with van der Waals surface area (Å²) in [6, 6.07) is 10.4. The quantitative estimate of drug-likeness (QED) is 0.856. The van der Waals surface area contributed by atoms with E-state index in [2.05, 4.69) is 52.6 Å². The Kier molecular flexibility index (Phi) is 4.66. The summed E-state index contributed by atoms with van der Waals surface area (Å²) in [5.74, 6) is 0. The van der Waals surface area contributed by atoms with Gasteiger partial charge in [-0.3, -0.25) is 9.80 Å². The molecule has 0 spiro atoms. The molecule has 0 aliphatic carbocycles. The third kappa shape index (κ3) is 3.03. The Labute approximate surface area is 126 Å². The summed E-state index contributed by atoms with van der Waals surface area (Å²) < 4.78 is 0. The summed E-state index contributed by atoms with van der Waals surface area (Å²) in [6.45, 7) is 9.54. The van der Waals surface area contributed by atoms with Crippen LogP contribution in [0.4, 0.5) is 0 Å². The van der Waals surface area contributed by atoms with E-state index in [9.17, 15) is 0 Å². The van der Waals surface area contributed by atoms with Crippen LogP contribution >= 0.6 is 11.8 Å². The van der Waals surface area contributed by atoms with Gasteiger partial charge in [0.1, 0.15) is 0 Å². The van der Waals surface area contributed by atoms with Crippen molar-refractivity contribution < 1.29 is 0 Å². The lowest BCUT2D eigenvalue weighted by atomic mass is 9.99. The second-order valence-corrected chi connectivity index (χ2v) is 6.72. The lowest BCUT2D eigenvalue weighted by Crippen LogP contribution is -2.62. The number of hydrogen-bond donors (Lipinski definition) is 1. The normalized spacial score (nSPS) is 23.5. The molecule has 1 atom stereocenters. The van der Waals surface area contributed by atoms with Crippen LogP contribution in [0, 0.1) is 0 Å². The number of nitrogens with one attached hydrogen (secondary N) is 1. The van der Waals surface area contributed by atoms with Crippen LogP contribution in [-0.2, 0) is 0 Å². The summed E-state index contributed by atoms with van der Waals surface area (Å²) >= 11 is 1.81. The monoisotopic (exact) mass is 291 g/mol. The zero-order chi connectivity index (χ0) is 13.9. The van der Waals surface area contributed by atoms with Gasteiger partial charge in [0.25, 0.3) is 0 Å². The van der Waals surface area contributed by atoms with Gasteiger partial charge in [-0.05, 0) is 30.9 Å². The predicted molar refractivity (Wildman–Crippen MR) is 86.4 cm³/mol. The van der Waals surface area contributed by atoms with Gasteiger partial charge in [-0.25, -0.2) is 0 Å². The van der Waals surface area contributed by atoms with E-state index in [1.807, 2.05) is 11.8 Å². The van der Waals surface area contributed by atoms with Gasteiger partial charge in [-0.15, -0.1) is 11.8 Å². The highest BCUT2D eigenvalue weighted by Gasteiger charge is 2.34. The van der Waals surface area contributed by atoms with Gasteiger partial charge in [-0.2, -0.15) is 0 Å². The van der Waals surface area contributed by atoms with E-state index in [1.165, 1.54) is 36.6 Å². The highest BCUT2D eigenvalue weighted by molar-refractivity contribution is 7.98. The molecule has 2 fully saturated rings. The summed E-state index contributed by atoms with van der Waals surface area (Å²) in [7, 11) is 0. The standard InChI is InChI=1S/C16H25N3S/c1-13(14-3-5-16(20-2)6-4-14)19-11-15(12-19)18-9-7-17-8-10-18/h3-6,13,15,17H,7-12H2,1-2H3. The molecule has 3 rings (SSSR count). The Morgan fingerprint density at radius 3 is 2.40 bits per heavy atom. The van der Waals surface area contributed by atoms with Crippen molar-refractivity contribution in [3.8, 4) is 0 Å². The van der Waals surface area contributed by atoms with Gasteiger partial charge in [0.15, 0.2) is 0 Å². The third-order valence-electron chi connectivity index (χ3n) is 4.70. The number of hydrogen-bond acceptors (Lipinski definition) is 4. The molecule has 0 radical (unpaired) electrons. The minimum atomic E-state index is 0.546. The van der Waals surface area contributed by atoms with Crippen molar-refractivity contribution in [2.75, 3.05) is 45.5 Å². The first-order valence-electron chi connectivity index (χ1n) is 7.60. The molecule has 1 unspecified atom stereocenters. The van der Waals surface area contributed by atoms with Crippen molar-refractivity contribution >= 4 is 11.8 Å². The van der Waals surface area contributed by atoms with Crippen LogP contribution in [0.1, 0.15) is 18.5 Å². The molecular weight excluding hydrogens is 266 g/mol. The fraction of sp³-hybridized carbons (Fsp3) is 0.625. The molecule has 0 saturated carbocycles. The molecule has 1 aromatic rings. The Morgan fingerprint density at radius 2 is 1.80 bits per heavy atom. The van der Waals surface area contributed by atoms with E-state index in [-0.39, 0.29) is 0 Å². The minimum absolute atomic E-state index is 0.546. The molecule has 0 bridgehead atoms. The molecule has 4 heteroatoms. The molecule has 2 aliphatic heterocycles. The molecular formula is C16H25N3S. The van der Waals surface area contributed by atoms with Gasteiger partial charge >= 0.3 is 0 Å². The van der Waals surface area contributed by atoms with E-state index < -0.39 is 0 Å². The fourth-order valence-electron chi connectivity index (χ4n) is 3.18. The van der Waals surface area contributed by atoms with Gasteiger partial charge in [0.05, 0.1) is 0 Å². The van der Waals surface area contributed by atoms with E-state index in [4.69, 9.17) is 0 Å². The van der Waals surface area contributed by atoms with Crippen LogP contribution in [0.15, 0.2) is 29.2 Å². The zero-order valence-corrected chi connectivity index (χ0v) is 13.3. The van der Waals surface area contributed by atoms with Gasteiger partial charge in [0, 0.05) is 56.2 Å². The van der Waals surface area contributed by atoms with Crippen LogP contribution in [0.3, 0.4) is 0 Å². The van der Waals surface area contributed by atoms with E-state index in [0.717, 1.165) is 19.1 Å². The molecule has 0 amide bonds. The Bertz CT molecular complexity index is 422. The molecule has 110 valence electrons. The molecule has 2 heterocycles. The van der Waals surface area contributed by atoms with Crippen molar-refractivity contribution in [3.05, 3.63) is 29.8 Å². The predicted octanol–water partition coefficient (Wildman–Crippen LogP) is 2.06. The van der Waals surface area contributed by atoms with Crippen LogP contribution in [0.2, 0.25) is 0 Å². The van der Waals surface area contributed by atoms with Crippen molar-refractivity contribution in [2.24, 2.45) is 0 Å². The second-order valence-electron chi connectivity index (χ2n) is 5.84. The van der Waals surface area contributed by atoms with Crippen molar-refractivity contribution in [1.82, 2.24) is 15.1 Å². The topological polar surface area (TPSA) is 18.5 Å². The molecule has 2 aliphatic rings. The number of thioether (sulfide) groups is 1. The maximum absolute atomic E-state index is 3.43. The Hall–Kier alpha value is -0.550. The minimum Gasteiger partial charge on any atom is -0.314 e. The van der Waals surface area contributed by atoms with Crippen molar-refractivity contribution in [1.29, 1.82) is 0 Å². The molecule has 20 heavy (non-hydrogen) atoms. The molecule has 3 nitrogen and oxygen atoms in total. The first kappa shape index (κ1) is 14.4. The summed E-state index contributed by atoms with van der Waals surface area (Å²) in [5, 5.41) is 3.43. The zero-order valence-electron chi connectivity index (χ0n) is 12.5. The number of piperazine rings is 1. The maximum Gasteiger partial charge on any atom is 0.0351 e. The fourth-order valence-corrected chi connectivity index (χ4v) is 3.58. The smallest absolute Gasteiger partial charge is 0.0351 e. The first-order valence-corrected chi connectivity index (χ1v) is 8.83. The number of nitrogens with zero attached hydrogens (tertiary/aromatic N) is 2. The van der Waals surface area contributed by atoms with Crippen LogP contribution in [0.25, 0.3) is 0 Å². The Balaban J connectivity index is 1.52. The SMILES string of the molecule is CSc1ccc(C(C)N2CC(N3CCNCC3)C2)cc1. The average molecular weight is 291 g/mol.